The van der Waals surface area contributed by atoms with Crippen LogP contribution in [0, 0.1) is 6.92 Å². The molecule has 1 saturated heterocycles. The highest BCUT2D eigenvalue weighted by atomic mass is 32.1. The number of rotatable bonds is 6. The largest absolute Gasteiger partial charge is 0.488 e. The predicted octanol–water partition coefficient (Wildman–Crippen LogP) is 5.28. The molecule has 1 aromatic carbocycles. The molecular formula is C23H31NO3S. The van der Waals surface area contributed by atoms with Gasteiger partial charge in [0, 0.05) is 35.0 Å². The van der Waals surface area contributed by atoms with E-state index in [0.29, 0.717) is 13.2 Å². The Labute approximate surface area is 172 Å². The van der Waals surface area contributed by atoms with E-state index in [4.69, 9.17) is 14.2 Å². The van der Waals surface area contributed by atoms with Gasteiger partial charge in [-0.15, -0.1) is 11.3 Å². The third-order valence-electron chi connectivity index (χ3n) is 5.44. The van der Waals surface area contributed by atoms with Crippen LogP contribution in [0.25, 0.3) is 10.4 Å². The monoisotopic (exact) mass is 401 g/mol. The number of fused-ring (bicyclic) bond motifs is 1. The van der Waals surface area contributed by atoms with Crippen molar-refractivity contribution in [3.63, 3.8) is 0 Å². The summed E-state index contributed by atoms with van der Waals surface area (Å²) in [4.78, 5) is 5.08. The molecule has 0 saturated carbocycles. The summed E-state index contributed by atoms with van der Waals surface area (Å²) in [6.45, 7) is 9.51. The third-order valence-corrected chi connectivity index (χ3v) is 6.49. The fraction of sp³-hybridized carbons (Fsp3) is 0.565. The van der Waals surface area contributed by atoms with Gasteiger partial charge in [-0.2, -0.15) is 0 Å². The lowest BCUT2D eigenvalue weighted by molar-refractivity contribution is -0.0115. The lowest BCUT2D eigenvalue weighted by Gasteiger charge is -2.24. The second-order valence-corrected chi connectivity index (χ2v) is 9.09. The molecule has 0 aliphatic carbocycles. The quantitative estimate of drug-likeness (QED) is 0.659. The van der Waals surface area contributed by atoms with Crippen LogP contribution in [-0.4, -0.2) is 43.9 Å². The topological polar surface area (TPSA) is 30.9 Å². The van der Waals surface area contributed by atoms with Crippen molar-refractivity contribution in [3.05, 3.63) is 34.7 Å². The van der Waals surface area contributed by atoms with Gasteiger partial charge in [-0.1, -0.05) is 6.92 Å². The van der Waals surface area contributed by atoms with E-state index in [1.54, 1.807) is 0 Å². The molecule has 0 bridgehead atoms. The maximum absolute atomic E-state index is 6.30. The maximum Gasteiger partial charge on any atom is 0.165 e. The van der Waals surface area contributed by atoms with Gasteiger partial charge in [-0.05, 0) is 69.0 Å². The van der Waals surface area contributed by atoms with Crippen molar-refractivity contribution >= 4 is 11.3 Å². The van der Waals surface area contributed by atoms with Crippen molar-refractivity contribution in [3.8, 4) is 21.9 Å². The molecule has 28 heavy (non-hydrogen) atoms. The summed E-state index contributed by atoms with van der Waals surface area (Å²) in [5, 5.41) is 0. The van der Waals surface area contributed by atoms with E-state index in [2.05, 4.69) is 43.0 Å². The third kappa shape index (κ3) is 4.70. The molecule has 0 amide bonds. The smallest absolute Gasteiger partial charge is 0.165 e. The SMILES string of the molecule is CCCN1CCOc2c(cc(-c3ccc(C)s3)cc2OCC2CCCCO2)C1. The van der Waals surface area contributed by atoms with Gasteiger partial charge in [0.1, 0.15) is 13.2 Å². The summed E-state index contributed by atoms with van der Waals surface area (Å²) in [7, 11) is 0. The number of ether oxygens (including phenoxy) is 3. The van der Waals surface area contributed by atoms with Crippen LogP contribution in [0.1, 0.15) is 43.0 Å². The van der Waals surface area contributed by atoms with Crippen LogP contribution in [0.2, 0.25) is 0 Å². The summed E-state index contributed by atoms with van der Waals surface area (Å²) in [6.07, 6.45) is 4.82. The van der Waals surface area contributed by atoms with Crippen LogP contribution in [0.3, 0.4) is 0 Å². The summed E-state index contributed by atoms with van der Waals surface area (Å²) < 4.78 is 18.4. The lowest BCUT2D eigenvalue weighted by Crippen LogP contribution is -2.26. The van der Waals surface area contributed by atoms with Crippen molar-refractivity contribution in [1.29, 1.82) is 0 Å². The number of benzene rings is 1. The summed E-state index contributed by atoms with van der Waals surface area (Å²) in [6, 6.07) is 8.83. The molecule has 1 aromatic heterocycles. The molecular weight excluding hydrogens is 370 g/mol. The molecule has 0 N–H and O–H groups in total. The molecule has 4 nitrogen and oxygen atoms in total. The van der Waals surface area contributed by atoms with Gasteiger partial charge in [0.2, 0.25) is 0 Å². The first-order chi connectivity index (χ1) is 13.7. The van der Waals surface area contributed by atoms with Crippen molar-refractivity contribution in [2.75, 3.05) is 32.9 Å². The number of thiophene rings is 1. The Bertz CT molecular complexity index is 782. The number of nitrogens with zero attached hydrogens (tertiary/aromatic N) is 1. The van der Waals surface area contributed by atoms with Gasteiger partial charge in [0.05, 0.1) is 6.10 Å². The summed E-state index contributed by atoms with van der Waals surface area (Å²) in [5.41, 5.74) is 2.45. The van der Waals surface area contributed by atoms with Crippen LogP contribution >= 0.6 is 11.3 Å². The molecule has 3 heterocycles. The van der Waals surface area contributed by atoms with Crippen LogP contribution in [0.15, 0.2) is 24.3 Å². The first-order valence-corrected chi connectivity index (χ1v) is 11.4. The predicted molar refractivity (Wildman–Crippen MR) is 115 cm³/mol. The van der Waals surface area contributed by atoms with Gasteiger partial charge in [-0.3, -0.25) is 4.90 Å². The summed E-state index contributed by atoms with van der Waals surface area (Å²) in [5.74, 6) is 1.79. The second-order valence-electron chi connectivity index (χ2n) is 7.80. The van der Waals surface area contributed by atoms with Gasteiger partial charge < -0.3 is 14.2 Å². The number of hydrogen-bond acceptors (Lipinski definition) is 5. The highest BCUT2D eigenvalue weighted by Crippen LogP contribution is 2.40. The molecule has 2 aliphatic rings. The van der Waals surface area contributed by atoms with Crippen LogP contribution in [-0.2, 0) is 11.3 Å². The Morgan fingerprint density at radius 3 is 2.89 bits per heavy atom. The van der Waals surface area contributed by atoms with Crippen molar-refractivity contribution in [2.45, 2.75) is 52.2 Å². The van der Waals surface area contributed by atoms with E-state index >= 15 is 0 Å². The highest BCUT2D eigenvalue weighted by molar-refractivity contribution is 7.15. The molecule has 4 rings (SSSR count). The molecule has 1 atom stereocenters. The average Bonchev–Trinajstić information content (AvgIpc) is 3.04. The molecule has 2 aliphatic heterocycles. The molecule has 1 fully saturated rings. The Morgan fingerprint density at radius 1 is 1.21 bits per heavy atom. The van der Waals surface area contributed by atoms with Crippen LogP contribution < -0.4 is 9.47 Å². The number of hydrogen-bond donors (Lipinski definition) is 0. The van der Waals surface area contributed by atoms with E-state index in [9.17, 15) is 0 Å². The van der Waals surface area contributed by atoms with E-state index < -0.39 is 0 Å². The summed E-state index contributed by atoms with van der Waals surface area (Å²) >= 11 is 1.83. The normalized spacial score (nSPS) is 20.3. The molecule has 5 heteroatoms. The Morgan fingerprint density at radius 2 is 2.14 bits per heavy atom. The minimum Gasteiger partial charge on any atom is -0.488 e. The van der Waals surface area contributed by atoms with Gasteiger partial charge in [0.25, 0.3) is 0 Å². The zero-order valence-electron chi connectivity index (χ0n) is 17.0. The fourth-order valence-corrected chi connectivity index (χ4v) is 4.86. The minimum atomic E-state index is 0.194. The Kier molecular flexibility index (Phi) is 6.55. The first-order valence-electron chi connectivity index (χ1n) is 10.6. The molecule has 1 unspecified atom stereocenters. The standard InChI is InChI=1S/C23H31NO3S/c1-3-9-24-10-12-26-23-19(15-24)13-18(22-8-7-17(2)28-22)14-21(23)27-16-20-6-4-5-11-25-20/h7-8,13-14,20H,3-6,9-12,15-16H2,1-2H3. The van der Waals surface area contributed by atoms with E-state index in [1.807, 2.05) is 11.3 Å². The van der Waals surface area contributed by atoms with Gasteiger partial charge in [0.15, 0.2) is 11.5 Å². The van der Waals surface area contributed by atoms with Crippen LogP contribution in [0.4, 0.5) is 0 Å². The van der Waals surface area contributed by atoms with E-state index in [0.717, 1.165) is 57.0 Å². The lowest BCUT2D eigenvalue weighted by atomic mass is 10.1. The van der Waals surface area contributed by atoms with Gasteiger partial charge >= 0.3 is 0 Å². The maximum atomic E-state index is 6.30. The van der Waals surface area contributed by atoms with Crippen molar-refractivity contribution in [1.82, 2.24) is 4.90 Å². The average molecular weight is 402 g/mol. The zero-order valence-corrected chi connectivity index (χ0v) is 17.9. The van der Waals surface area contributed by atoms with E-state index in [-0.39, 0.29) is 6.10 Å². The van der Waals surface area contributed by atoms with Crippen LogP contribution in [0.5, 0.6) is 11.5 Å². The molecule has 2 aromatic rings. The molecule has 152 valence electrons. The minimum absolute atomic E-state index is 0.194. The van der Waals surface area contributed by atoms with E-state index in [1.165, 1.54) is 27.3 Å². The first kappa shape index (κ1) is 19.7. The number of aryl methyl sites for hydroxylation is 1. The second kappa shape index (κ2) is 9.29. The molecule has 0 spiro atoms. The Balaban J connectivity index is 1.63. The Hall–Kier alpha value is -1.56. The molecule has 0 radical (unpaired) electrons. The highest BCUT2D eigenvalue weighted by Gasteiger charge is 2.22. The van der Waals surface area contributed by atoms with Crippen molar-refractivity contribution in [2.24, 2.45) is 0 Å². The fourth-order valence-electron chi connectivity index (χ4n) is 4.01. The zero-order chi connectivity index (χ0) is 19.3. The van der Waals surface area contributed by atoms with Crippen molar-refractivity contribution < 1.29 is 14.2 Å². The van der Waals surface area contributed by atoms with Gasteiger partial charge in [-0.25, -0.2) is 0 Å².